The first-order valence-corrected chi connectivity index (χ1v) is 1.88. The van der Waals surface area contributed by atoms with E-state index in [4.69, 9.17) is 11.8 Å². The molecule has 4 heteroatoms. The molecular weight excluding hydrogens is 105 g/mol. The first-order valence-electron chi connectivity index (χ1n) is 1.55. The van der Waals surface area contributed by atoms with Gasteiger partial charge in [0.15, 0.2) is 13.5 Å². The van der Waals surface area contributed by atoms with Gasteiger partial charge in [0.05, 0.1) is 0 Å². The molecule has 1 fully saturated rings. The van der Waals surface area contributed by atoms with Crippen LogP contribution in [0.2, 0.25) is 0 Å². The van der Waals surface area contributed by atoms with Crippen LogP contribution in [-0.2, 0) is 9.78 Å². The summed E-state index contributed by atoms with van der Waals surface area (Å²) in [5.74, 6) is 0. The zero-order valence-electron chi connectivity index (χ0n) is 3.06. The van der Waals surface area contributed by atoms with E-state index in [1.807, 2.05) is 0 Å². The largest absolute Gasteiger partial charge is 0.218 e. The fraction of sp³-hybridized carbons (Fsp3) is 1.00. The lowest BCUT2D eigenvalue weighted by Gasteiger charge is -1.89. The van der Waals surface area contributed by atoms with Crippen molar-refractivity contribution >= 4 is 11.8 Å². The van der Waals surface area contributed by atoms with Gasteiger partial charge in [0.2, 0.25) is 0 Å². The lowest BCUT2D eigenvalue weighted by atomic mass is 11.1. The molecule has 1 heterocycles. The lowest BCUT2D eigenvalue weighted by Crippen LogP contribution is -2.03. The molecule has 1 saturated heterocycles. The van der Waals surface area contributed by atoms with Crippen molar-refractivity contribution in [2.75, 3.05) is 13.5 Å². The Balaban J connectivity index is 2.18. The van der Waals surface area contributed by atoms with Gasteiger partial charge in [-0.15, -0.1) is 0 Å². The summed E-state index contributed by atoms with van der Waals surface area (Å²) in [4.78, 5) is 8.70. The average molecular weight is 110 g/mol. The molecule has 3 nitrogen and oxygen atoms in total. The Morgan fingerprint density at radius 1 is 1.33 bits per heavy atom. The zero-order chi connectivity index (χ0) is 4.41. The van der Waals surface area contributed by atoms with E-state index in [0.29, 0.717) is 13.5 Å². The van der Waals surface area contributed by atoms with Crippen LogP contribution in [0.1, 0.15) is 0 Å². The molecular formula is C2H4ClNO2. The Kier molecular flexibility index (Phi) is 1.26. The molecule has 0 bridgehead atoms. The van der Waals surface area contributed by atoms with Crippen LogP contribution in [0.4, 0.5) is 0 Å². The third-order valence-corrected chi connectivity index (χ3v) is 0.664. The average Bonchev–Trinajstić information content (AvgIpc) is 1.86. The molecule has 0 aromatic heterocycles. The Bertz CT molecular complexity index is 44.8. The van der Waals surface area contributed by atoms with Gasteiger partial charge < -0.3 is 0 Å². The minimum absolute atomic E-state index is 0.363. The van der Waals surface area contributed by atoms with Crippen molar-refractivity contribution in [2.45, 2.75) is 0 Å². The van der Waals surface area contributed by atoms with E-state index in [9.17, 15) is 0 Å². The zero-order valence-corrected chi connectivity index (χ0v) is 3.81. The van der Waals surface area contributed by atoms with Crippen molar-refractivity contribution in [1.82, 2.24) is 4.42 Å². The summed E-state index contributed by atoms with van der Waals surface area (Å²) in [5.41, 5.74) is 0. The highest BCUT2D eigenvalue weighted by Crippen LogP contribution is 2.01. The molecule has 0 saturated carbocycles. The molecule has 0 amide bonds. The fourth-order valence-corrected chi connectivity index (χ4v) is 0.306. The first-order chi connectivity index (χ1) is 2.89. The standard InChI is InChI=1S/C2H4ClNO2/c3-4-1-5-6-2-4/h1-2H2. The molecule has 0 aromatic rings. The minimum Gasteiger partial charge on any atom is -0.218 e. The molecule has 0 atom stereocenters. The van der Waals surface area contributed by atoms with Crippen molar-refractivity contribution in [3.63, 3.8) is 0 Å². The highest BCUT2D eigenvalue weighted by molar-refractivity contribution is 6.13. The number of hydrogen-bond donors (Lipinski definition) is 0. The molecule has 1 aliphatic rings. The summed E-state index contributed by atoms with van der Waals surface area (Å²) in [6.07, 6.45) is 0. The maximum Gasteiger partial charge on any atom is 0.151 e. The van der Waals surface area contributed by atoms with Crippen molar-refractivity contribution in [1.29, 1.82) is 0 Å². The first kappa shape index (κ1) is 4.33. The normalized spacial score (nSPS) is 25.5. The van der Waals surface area contributed by atoms with Gasteiger partial charge in [0.1, 0.15) is 0 Å². The van der Waals surface area contributed by atoms with Crippen LogP contribution >= 0.6 is 11.8 Å². The van der Waals surface area contributed by atoms with Crippen LogP contribution < -0.4 is 0 Å². The topological polar surface area (TPSA) is 21.7 Å². The molecule has 6 heavy (non-hydrogen) atoms. The van der Waals surface area contributed by atoms with E-state index in [1.165, 1.54) is 4.42 Å². The van der Waals surface area contributed by atoms with Gasteiger partial charge in [-0.3, -0.25) is 0 Å². The summed E-state index contributed by atoms with van der Waals surface area (Å²) in [6, 6.07) is 0. The van der Waals surface area contributed by atoms with Gasteiger partial charge in [0.25, 0.3) is 0 Å². The Morgan fingerprint density at radius 2 is 1.83 bits per heavy atom. The van der Waals surface area contributed by atoms with Crippen molar-refractivity contribution in [3.8, 4) is 0 Å². The Morgan fingerprint density at radius 3 is 2.00 bits per heavy atom. The molecule has 36 valence electrons. The molecule has 0 N–H and O–H groups in total. The second-order valence-electron chi connectivity index (χ2n) is 0.957. The summed E-state index contributed by atoms with van der Waals surface area (Å²) in [5, 5.41) is 0. The van der Waals surface area contributed by atoms with Crippen LogP contribution in [0.5, 0.6) is 0 Å². The highest BCUT2D eigenvalue weighted by atomic mass is 35.5. The summed E-state index contributed by atoms with van der Waals surface area (Å²) < 4.78 is 1.39. The highest BCUT2D eigenvalue weighted by Gasteiger charge is 2.07. The molecule has 0 aromatic carbocycles. The summed E-state index contributed by atoms with van der Waals surface area (Å²) in [6.45, 7) is 0.725. The monoisotopic (exact) mass is 109 g/mol. The lowest BCUT2D eigenvalue weighted by molar-refractivity contribution is -0.248. The summed E-state index contributed by atoms with van der Waals surface area (Å²) in [7, 11) is 0. The van der Waals surface area contributed by atoms with Crippen LogP contribution in [0.15, 0.2) is 0 Å². The fourth-order valence-electron chi connectivity index (χ4n) is 0.226. The predicted octanol–water partition coefficient (Wildman–Crippen LogP) is 0.319. The van der Waals surface area contributed by atoms with E-state index in [0.717, 1.165) is 0 Å². The molecule has 1 aliphatic heterocycles. The molecule has 0 unspecified atom stereocenters. The van der Waals surface area contributed by atoms with E-state index in [-0.39, 0.29) is 0 Å². The van der Waals surface area contributed by atoms with Crippen LogP contribution in [-0.4, -0.2) is 17.9 Å². The third kappa shape index (κ3) is 0.815. The second-order valence-corrected chi connectivity index (χ2v) is 1.43. The maximum atomic E-state index is 5.30. The van der Waals surface area contributed by atoms with E-state index in [2.05, 4.69) is 9.78 Å². The molecule has 0 radical (unpaired) electrons. The smallest absolute Gasteiger partial charge is 0.151 e. The van der Waals surface area contributed by atoms with Crippen molar-refractivity contribution in [3.05, 3.63) is 0 Å². The Labute approximate surface area is 40.4 Å². The van der Waals surface area contributed by atoms with Crippen LogP contribution in [0.25, 0.3) is 0 Å². The van der Waals surface area contributed by atoms with Gasteiger partial charge in [-0.05, 0) is 11.8 Å². The van der Waals surface area contributed by atoms with Gasteiger partial charge >= 0.3 is 0 Å². The van der Waals surface area contributed by atoms with Crippen molar-refractivity contribution < 1.29 is 9.78 Å². The van der Waals surface area contributed by atoms with E-state index >= 15 is 0 Å². The third-order valence-electron chi connectivity index (χ3n) is 0.469. The van der Waals surface area contributed by atoms with Gasteiger partial charge in [-0.1, -0.05) is 0 Å². The van der Waals surface area contributed by atoms with Gasteiger partial charge in [-0.2, -0.15) is 4.42 Å². The van der Waals surface area contributed by atoms with Crippen LogP contribution in [0.3, 0.4) is 0 Å². The number of hydrogen-bond acceptors (Lipinski definition) is 3. The summed E-state index contributed by atoms with van der Waals surface area (Å²) >= 11 is 5.30. The number of halogens is 1. The van der Waals surface area contributed by atoms with E-state index < -0.39 is 0 Å². The minimum atomic E-state index is 0.363. The molecule has 0 aliphatic carbocycles. The van der Waals surface area contributed by atoms with Crippen molar-refractivity contribution in [2.24, 2.45) is 0 Å². The van der Waals surface area contributed by atoms with Gasteiger partial charge in [-0.25, -0.2) is 9.78 Å². The molecule has 0 spiro atoms. The molecule has 1 rings (SSSR count). The Hall–Kier alpha value is 0.170. The SMILES string of the molecule is ClN1COOC1. The maximum absolute atomic E-state index is 5.30. The predicted molar refractivity (Wildman–Crippen MR) is 19.6 cm³/mol. The quantitative estimate of drug-likeness (QED) is 0.330. The second kappa shape index (κ2) is 1.75. The van der Waals surface area contributed by atoms with Crippen LogP contribution in [0, 0.1) is 0 Å². The van der Waals surface area contributed by atoms with E-state index in [1.54, 1.807) is 0 Å². The number of rotatable bonds is 0. The van der Waals surface area contributed by atoms with Gasteiger partial charge in [0, 0.05) is 0 Å². The number of nitrogens with zero attached hydrogens (tertiary/aromatic N) is 1.